The van der Waals surface area contributed by atoms with Gasteiger partial charge < -0.3 is 4.74 Å². The third-order valence-electron chi connectivity index (χ3n) is 3.70. The molecule has 0 unspecified atom stereocenters. The summed E-state index contributed by atoms with van der Waals surface area (Å²) in [5, 5.41) is 0. The zero-order chi connectivity index (χ0) is 14.8. The number of halogens is 1. The molecule has 0 aliphatic heterocycles. The van der Waals surface area contributed by atoms with E-state index in [4.69, 9.17) is 4.74 Å². The van der Waals surface area contributed by atoms with E-state index in [0.29, 0.717) is 0 Å². The van der Waals surface area contributed by atoms with Crippen LogP contribution in [0.5, 0.6) is 5.75 Å². The fraction of sp³-hybridized carbons (Fsp3) is 0.167. The summed E-state index contributed by atoms with van der Waals surface area (Å²) >= 11 is 3.46. The molecule has 3 rings (SSSR count). The zero-order valence-corrected chi connectivity index (χ0v) is 13.3. The highest BCUT2D eigenvalue weighted by atomic mass is 79.9. The number of rotatable bonds is 2. The molecule has 2 aromatic rings. The van der Waals surface area contributed by atoms with Crippen molar-refractivity contribution in [3.05, 3.63) is 69.2 Å². The van der Waals surface area contributed by atoms with E-state index >= 15 is 0 Å². The van der Waals surface area contributed by atoms with Crippen molar-refractivity contribution in [2.75, 3.05) is 7.11 Å². The van der Waals surface area contributed by atoms with Crippen LogP contribution in [0.2, 0.25) is 0 Å². The molecule has 0 bridgehead atoms. The summed E-state index contributed by atoms with van der Waals surface area (Å²) in [4.78, 5) is 12.6. The summed E-state index contributed by atoms with van der Waals surface area (Å²) in [5.41, 5.74) is 3.78. The second-order valence-corrected chi connectivity index (χ2v) is 5.99. The molecule has 1 aliphatic rings. The summed E-state index contributed by atoms with van der Waals surface area (Å²) in [5.74, 6) is 0.930. The van der Waals surface area contributed by atoms with E-state index in [1.165, 1.54) is 0 Å². The Hall–Kier alpha value is -1.87. The number of Topliss-reactive ketones (excluding diaryl/α,β-unsaturated/α-hetero) is 1. The predicted octanol–water partition coefficient (Wildman–Crippen LogP) is 4.67. The van der Waals surface area contributed by atoms with E-state index in [9.17, 15) is 4.79 Å². The number of aryl methyl sites for hydroxylation is 1. The summed E-state index contributed by atoms with van der Waals surface area (Å²) in [7, 11) is 1.64. The van der Waals surface area contributed by atoms with Crippen molar-refractivity contribution in [3.63, 3.8) is 0 Å². The quantitative estimate of drug-likeness (QED) is 0.741. The van der Waals surface area contributed by atoms with Gasteiger partial charge in [-0.15, -0.1) is 0 Å². The number of hydrogen-bond acceptors (Lipinski definition) is 2. The van der Waals surface area contributed by atoms with E-state index in [-0.39, 0.29) is 5.78 Å². The normalized spacial score (nSPS) is 15.9. The lowest BCUT2D eigenvalue weighted by Gasteiger charge is -2.18. The van der Waals surface area contributed by atoms with Crippen LogP contribution in [0.15, 0.2) is 52.5 Å². The van der Waals surface area contributed by atoms with Crippen LogP contribution in [0.1, 0.15) is 27.9 Å². The lowest BCUT2D eigenvalue weighted by atomic mass is 9.86. The van der Waals surface area contributed by atoms with Gasteiger partial charge in [-0.3, -0.25) is 4.79 Å². The number of ketones is 1. The maximum Gasteiger partial charge on any atom is 0.189 e. The summed E-state index contributed by atoms with van der Waals surface area (Å²) in [6.07, 6.45) is 3.63. The van der Waals surface area contributed by atoms with Crippen LogP contribution in [0.4, 0.5) is 0 Å². The Balaban J connectivity index is 1.95. The Morgan fingerprint density at radius 1 is 1.14 bits per heavy atom. The van der Waals surface area contributed by atoms with Crippen LogP contribution in [-0.4, -0.2) is 12.9 Å². The number of carbonyl (C=O) groups is 1. The second kappa shape index (κ2) is 5.86. The Labute approximate surface area is 132 Å². The smallest absolute Gasteiger partial charge is 0.189 e. The van der Waals surface area contributed by atoms with Gasteiger partial charge in [-0.25, -0.2) is 0 Å². The number of carbonyl (C=O) groups excluding carboxylic acids is 1. The first-order valence-corrected chi connectivity index (χ1v) is 7.64. The molecule has 0 radical (unpaired) electrons. The molecule has 0 N–H and O–H groups in total. The van der Waals surface area contributed by atoms with Crippen molar-refractivity contribution in [3.8, 4) is 5.75 Å². The molecular formula is C18H15BrO2. The van der Waals surface area contributed by atoms with Gasteiger partial charge in [0.05, 0.1) is 7.11 Å². The highest BCUT2D eigenvalue weighted by Crippen LogP contribution is 2.29. The van der Waals surface area contributed by atoms with Crippen LogP contribution in [0.25, 0.3) is 6.08 Å². The van der Waals surface area contributed by atoms with Gasteiger partial charge in [-0.2, -0.15) is 0 Å². The molecule has 1 aliphatic carbocycles. The summed E-state index contributed by atoms with van der Waals surface area (Å²) in [6.45, 7) is 0. The van der Waals surface area contributed by atoms with E-state index in [0.717, 1.165) is 45.3 Å². The summed E-state index contributed by atoms with van der Waals surface area (Å²) < 4.78 is 6.24. The monoisotopic (exact) mass is 342 g/mol. The minimum atomic E-state index is 0.124. The van der Waals surface area contributed by atoms with E-state index in [1.807, 2.05) is 48.5 Å². The largest absolute Gasteiger partial charge is 0.497 e. The number of ether oxygens (including phenoxy) is 1. The number of benzene rings is 2. The van der Waals surface area contributed by atoms with Crippen molar-refractivity contribution >= 4 is 27.8 Å². The molecule has 0 amide bonds. The molecule has 0 spiro atoms. The number of hydrogen-bond donors (Lipinski definition) is 0. The van der Waals surface area contributed by atoms with Gasteiger partial charge in [-0.1, -0.05) is 28.1 Å². The van der Waals surface area contributed by atoms with E-state index in [2.05, 4.69) is 15.9 Å². The first-order valence-electron chi connectivity index (χ1n) is 6.85. The average molecular weight is 343 g/mol. The molecule has 0 atom stereocenters. The maximum absolute atomic E-state index is 12.6. The van der Waals surface area contributed by atoms with Gasteiger partial charge in [0.15, 0.2) is 5.78 Å². The highest BCUT2D eigenvalue weighted by Gasteiger charge is 2.22. The Morgan fingerprint density at radius 2 is 2.00 bits per heavy atom. The first-order chi connectivity index (χ1) is 10.2. The molecule has 3 heteroatoms. The SMILES string of the molecule is COc1ccc2c(c1)CC/C(=C/c1cccc(Br)c1)C2=O. The van der Waals surface area contributed by atoms with Crippen molar-refractivity contribution in [1.82, 2.24) is 0 Å². The van der Waals surface area contributed by atoms with Crippen LogP contribution in [0.3, 0.4) is 0 Å². The van der Waals surface area contributed by atoms with Crippen LogP contribution < -0.4 is 4.74 Å². The van der Waals surface area contributed by atoms with Gasteiger partial charge in [-0.05, 0) is 60.4 Å². The maximum atomic E-state index is 12.6. The molecule has 2 aromatic carbocycles. The molecule has 2 nitrogen and oxygen atoms in total. The van der Waals surface area contributed by atoms with Gasteiger partial charge in [0.2, 0.25) is 0 Å². The van der Waals surface area contributed by atoms with Crippen molar-refractivity contribution < 1.29 is 9.53 Å². The lowest BCUT2D eigenvalue weighted by molar-refractivity contribution is 0.102. The fourth-order valence-corrected chi connectivity index (χ4v) is 3.03. The fourth-order valence-electron chi connectivity index (χ4n) is 2.62. The van der Waals surface area contributed by atoms with E-state index in [1.54, 1.807) is 7.11 Å². The molecule has 106 valence electrons. The topological polar surface area (TPSA) is 26.3 Å². The lowest BCUT2D eigenvalue weighted by Crippen LogP contribution is -2.14. The molecule has 21 heavy (non-hydrogen) atoms. The average Bonchev–Trinajstić information content (AvgIpc) is 2.50. The first kappa shape index (κ1) is 14.1. The van der Waals surface area contributed by atoms with Crippen molar-refractivity contribution in [2.24, 2.45) is 0 Å². The number of methoxy groups -OCH3 is 1. The Kier molecular flexibility index (Phi) is 3.93. The third kappa shape index (κ3) is 2.93. The van der Waals surface area contributed by atoms with E-state index < -0.39 is 0 Å². The molecule has 0 saturated heterocycles. The Bertz CT molecular complexity index is 732. The molecule has 0 heterocycles. The second-order valence-electron chi connectivity index (χ2n) is 5.08. The van der Waals surface area contributed by atoms with Gasteiger partial charge in [0, 0.05) is 15.6 Å². The standard InChI is InChI=1S/C18H15BrO2/c1-21-16-7-8-17-13(11-16)5-6-14(18(17)20)9-12-3-2-4-15(19)10-12/h2-4,7-11H,5-6H2,1H3/b14-9-. The minimum absolute atomic E-state index is 0.124. The molecular weight excluding hydrogens is 328 g/mol. The van der Waals surface area contributed by atoms with Crippen LogP contribution in [-0.2, 0) is 6.42 Å². The third-order valence-corrected chi connectivity index (χ3v) is 4.20. The highest BCUT2D eigenvalue weighted by molar-refractivity contribution is 9.10. The van der Waals surface area contributed by atoms with Crippen molar-refractivity contribution in [1.29, 1.82) is 0 Å². The zero-order valence-electron chi connectivity index (χ0n) is 11.7. The molecule has 0 saturated carbocycles. The number of fused-ring (bicyclic) bond motifs is 1. The Morgan fingerprint density at radius 3 is 2.76 bits per heavy atom. The van der Waals surface area contributed by atoms with Gasteiger partial charge in [0.1, 0.15) is 5.75 Å². The van der Waals surface area contributed by atoms with Gasteiger partial charge in [0.25, 0.3) is 0 Å². The predicted molar refractivity (Wildman–Crippen MR) is 87.8 cm³/mol. The van der Waals surface area contributed by atoms with Crippen LogP contribution >= 0.6 is 15.9 Å². The molecule has 0 aromatic heterocycles. The minimum Gasteiger partial charge on any atom is -0.497 e. The van der Waals surface area contributed by atoms with Crippen LogP contribution in [0, 0.1) is 0 Å². The summed E-state index contributed by atoms with van der Waals surface area (Å²) in [6, 6.07) is 13.7. The number of allylic oxidation sites excluding steroid dienone is 1. The van der Waals surface area contributed by atoms with Gasteiger partial charge >= 0.3 is 0 Å². The molecule has 0 fully saturated rings. The van der Waals surface area contributed by atoms with Crippen molar-refractivity contribution in [2.45, 2.75) is 12.8 Å².